The number of carbonyl (C=O) groups excluding carboxylic acids is 1. The average molecular weight is 457 g/mol. The molecule has 172 valence electrons. The number of benzene rings is 1. The van der Waals surface area contributed by atoms with Gasteiger partial charge in [0.05, 0.1) is 13.1 Å². The number of carboxylic acids is 1. The first-order valence-electron chi connectivity index (χ1n) is 12.2. The molecule has 0 saturated heterocycles. The molecule has 1 aromatic heterocycles. The highest BCUT2D eigenvalue weighted by Gasteiger charge is 2.38. The van der Waals surface area contributed by atoms with Crippen LogP contribution in [0.15, 0.2) is 30.3 Å². The minimum Gasteiger partial charge on any atom is -0.477 e. The summed E-state index contributed by atoms with van der Waals surface area (Å²) in [5.74, 6) is -0.523. The van der Waals surface area contributed by atoms with Gasteiger partial charge in [-0.05, 0) is 75.3 Å². The molecule has 0 bridgehead atoms. The summed E-state index contributed by atoms with van der Waals surface area (Å²) in [6.45, 7) is 4.12. The van der Waals surface area contributed by atoms with Crippen LogP contribution in [0.1, 0.15) is 74.9 Å². The van der Waals surface area contributed by atoms with Crippen LogP contribution in [0.25, 0.3) is 10.4 Å². The molecule has 2 fully saturated rings. The highest BCUT2D eigenvalue weighted by Crippen LogP contribution is 2.45. The van der Waals surface area contributed by atoms with Crippen LogP contribution in [-0.2, 0) is 4.79 Å². The van der Waals surface area contributed by atoms with Crippen molar-refractivity contribution in [1.82, 2.24) is 0 Å². The molecule has 2 aromatic rings. The number of hydrogen-bond donors (Lipinski definition) is 2. The summed E-state index contributed by atoms with van der Waals surface area (Å²) in [5, 5.41) is 20.3. The number of thiophene rings is 1. The van der Waals surface area contributed by atoms with Gasteiger partial charge in [-0.25, -0.2) is 4.79 Å². The molecule has 5 nitrogen and oxygen atoms in total. The predicted octanol–water partition coefficient (Wildman–Crippen LogP) is 5.88. The molecule has 2 saturated carbocycles. The molecule has 0 unspecified atom stereocenters. The molecular formula is C26H33NO4S. The summed E-state index contributed by atoms with van der Waals surface area (Å²) in [6, 6.07) is 9.49. The van der Waals surface area contributed by atoms with Crippen LogP contribution in [0, 0.1) is 18.8 Å². The number of nitrogens with zero attached hydrogens (tertiary/aromatic N) is 1. The number of hydrogen-bond acceptors (Lipinski definition) is 4. The molecule has 0 spiro atoms. The fourth-order valence-corrected chi connectivity index (χ4v) is 6.32. The standard InChI is InChI=1S/C26H33NO4S/c1-16-8-10-19(11-9-16)25(29)27(20-12-14-21(28)15-13-20)22-17(2)23(32-24(22)26(30)31)18-6-4-3-5-7-18/h3-7,16,19-21,28H,8-15H2,1-2H3,(H,30,31)/i21D. The minimum atomic E-state index is -1.47. The first kappa shape index (κ1) is 21.7. The third kappa shape index (κ3) is 4.62. The Labute approximate surface area is 195 Å². The molecule has 1 amide bonds. The van der Waals surface area contributed by atoms with E-state index in [1.807, 2.05) is 37.3 Å². The van der Waals surface area contributed by atoms with Gasteiger partial charge in [-0.2, -0.15) is 0 Å². The summed E-state index contributed by atoms with van der Waals surface area (Å²) in [7, 11) is 0. The van der Waals surface area contributed by atoms with E-state index in [4.69, 9.17) is 1.37 Å². The fraction of sp³-hybridized carbons (Fsp3) is 0.538. The molecule has 2 aliphatic rings. The Balaban J connectivity index is 1.79. The van der Waals surface area contributed by atoms with E-state index in [9.17, 15) is 19.8 Å². The zero-order chi connectivity index (χ0) is 23.8. The number of rotatable bonds is 5. The van der Waals surface area contributed by atoms with Gasteiger partial charge in [-0.15, -0.1) is 11.3 Å². The first-order chi connectivity index (χ1) is 15.7. The molecule has 0 radical (unpaired) electrons. The van der Waals surface area contributed by atoms with Gasteiger partial charge in [0.1, 0.15) is 4.88 Å². The maximum Gasteiger partial charge on any atom is 0.348 e. The Bertz CT molecular complexity index is 1000. The lowest BCUT2D eigenvalue weighted by atomic mass is 9.81. The van der Waals surface area contributed by atoms with E-state index in [-0.39, 0.29) is 35.6 Å². The van der Waals surface area contributed by atoms with Gasteiger partial charge in [-0.3, -0.25) is 4.79 Å². The number of aliphatic hydroxyl groups is 1. The van der Waals surface area contributed by atoms with Gasteiger partial charge in [-0.1, -0.05) is 37.3 Å². The van der Waals surface area contributed by atoms with E-state index >= 15 is 0 Å². The van der Waals surface area contributed by atoms with Gasteiger partial charge in [0.2, 0.25) is 5.91 Å². The van der Waals surface area contributed by atoms with Crippen molar-refractivity contribution in [2.45, 2.75) is 77.3 Å². The lowest BCUT2D eigenvalue weighted by Gasteiger charge is -2.39. The number of aromatic carboxylic acids is 1. The largest absolute Gasteiger partial charge is 0.477 e. The molecule has 32 heavy (non-hydrogen) atoms. The number of amides is 1. The van der Waals surface area contributed by atoms with E-state index in [1.54, 1.807) is 4.90 Å². The van der Waals surface area contributed by atoms with Crippen molar-refractivity contribution < 1.29 is 21.2 Å². The monoisotopic (exact) mass is 456 g/mol. The fourth-order valence-electron chi connectivity index (χ4n) is 5.18. The molecular weight excluding hydrogens is 422 g/mol. The smallest absolute Gasteiger partial charge is 0.348 e. The van der Waals surface area contributed by atoms with E-state index in [0.29, 0.717) is 24.4 Å². The Hall–Kier alpha value is -2.18. The lowest BCUT2D eigenvalue weighted by molar-refractivity contribution is -0.124. The first-order valence-corrected chi connectivity index (χ1v) is 12.5. The molecule has 2 N–H and O–H groups in total. The third-order valence-electron chi connectivity index (χ3n) is 7.09. The summed E-state index contributed by atoms with van der Waals surface area (Å²) >= 11 is 1.22. The molecule has 4 rings (SSSR count). The summed E-state index contributed by atoms with van der Waals surface area (Å²) in [4.78, 5) is 29.1. The summed E-state index contributed by atoms with van der Waals surface area (Å²) < 4.78 is 8.02. The minimum absolute atomic E-state index is 0.00494. The highest BCUT2D eigenvalue weighted by atomic mass is 32.1. The topological polar surface area (TPSA) is 77.8 Å². The SMILES string of the molecule is [2H]C1(O)CCC(N(C(=O)C2CCC(C)CC2)c2c(C(=O)O)sc(-c3ccccc3)c2C)CC1. The number of carbonyl (C=O) groups is 2. The highest BCUT2D eigenvalue weighted by molar-refractivity contribution is 7.18. The van der Waals surface area contributed by atoms with E-state index in [0.717, 1.165) is 41.7 Å². The molecule has 1 heterocycles. The van der Waals surface area contributed by atoms with Crippen molar-refractivity contribution in [3.05, 3.63) is 40.8 Å². The summed E-state index contributed by atoms with van der Waals surface area (Å²) in [6.07, 6.45) is 3.72. The molecule has 1 aromatic carbocycles. The Morgan fingerprint density at radius 1 is 1.03 bits per heavy atom. The van der Waals surface area contributed by atoms with Crippen LogP contribution in [0.2, 0.25) is 0 Å². The van der Waals surface area contributed by atoms with Crippen molar-refractivity contribution in [2.24, 2.45) is 11.8 Å². The number of anilines is 1. The molecule has 0 aliphatic heterocycles. The van der Waals surface area contributed by atoms with Crippen molar-refractivity contribution in [3.63, 3.8) is 0 Å². The van der Waals surface area contributed by atoms with Crippen LogP contribution < -0.4 is 4.90 Å². The molecule has 6 heteroatoms. The Kier molecular flexibility index (Phi) is 6.60. The second-order valence-electron chi connectivity index (χ2n) is 9.37. The quantitative estimate of drug-likeness (QED) is 0.588. The van der Waals surface area contributed by atoms with Crippen molar-refractivity contribution in [3.8, 4) is 10.4 Å². The normalized spacial score (nSPS) is 28.7. The van der Waals surface area contributed by atoms with E-state index in [2.05, 4.69) is 6.92 Å². The van der Waals surface area contributed by atoms with Gasteiger partial charge in [0.25, 0.3) is 0 Å². The predicted molar refractivity (Wildman–Crippen MR) is 128 cm³/mol. The van der Waals surface area contributed by atoms with Crippen molar-refractivity contribution in [1.29, 1.82) is 0 Å². The lowest BCUT2D eigenvalue weighted by Crippen LogP contribution is -2.47. The van der Waals surface area contributed by atoms with Gasteiger partial charge < -0.3 is 15.1 Å². The van der Waals surface area contributed by atoms with Gasteiger partial charge in [0, 0.05) is 16.8 Å². The van der Waals surface area contributed by atoms with Crippen LogP contribution in [0.3, 0.4) is 0 Å². The van der Waals surface area contributed by atoms with Crippen molar-refractivity contribution in [2.75, 3.05) is 4.90 Å². The average Bonchev–Trinajstić information content (AvgIpc) is 3.13. The Morgan fingerprint density at radius 3 is 2.25 bits per heavy atom. The van der Waals surface area contributed by atoms with Crippen LogP contribution in [0.5, 0.6) is 0 Å². The second-order valence-corrected chi connectivity index (χ2v) is 10.4. The van der Waals surface area contributed by atoms with Gasteiger partial charge in [0.15, 0.2) is 0 Å². The van der Waals surface area contributed by atoms with Crippen LogP contribution in [-0.4, -0.2) is 34.2 Å². The number of carboxylic acid groups (broad SMARTS) is 1. The van der Waals surface area contributed by atoms with E-state index < -0.39 is 12.0 Å². The van der Waals surface area contributed by atoms with Crippen LogP contribution in [0.4, 0.5) is 5.69 Å². The van der Waals surface area contributed by atoms with Crippen LogP contribution >= 0.6 is 11.3 Å². The van der Waals surface area contributed by atoms with Gasteiger partial charge >= 0.3 is 5.97 Å². The molecule has 2 aliphatic carbocycles. The maximum absolute atomic E-state index is 14.0. The zero-order valence-corrected chi connectivity index (χ0v) is 19.7. The maximum atomic E-state index is 14.0. The zero-order valence-electron chi connectivity index (χ0n) is 19.8. The van der Waals surface area contributed by atoms with E-state index in [1.165, 1.54) is 11.3 Å². The third-order valence-corrected chi connectivity index (χ3v) is 8.40. The van der Waals surface area contributed by atoms with Crippen molar-refractivity contribution >= 4 is 28.9 Å². The Morgan fingerprint density at radius 2 is 1.66 bits per heavy atom. The second kappa shape index (κ2) is 9.75. The summed E-state index contributed by atoms with van der Waals surface area (Å²) in [5.41, 5.74) is 2.26. The molecule has 0 atom stereocenters.